The Kier molecular flexibility index (Phi) is 2.83. The van der Waals surface area contributed by atoms with Gasteiger partial charge in [-0.3, -0.25) is 9.69 Å². The van der Waals surface area contributed by atoms with E-state index in [1.165, 1.54) is 0 Å². The lowest BCUT2D eigenvalue weighted by Crippen LogP contribution is -2.33. The van der Waals surface area contributed by atoms with E-state index in [9.17, 15) is 4.79 Å². The molecule has 0 radical (unpaired) electrons. The monoisotopic (exact) mass is 209 g/mol. The predicted octanol–water partition coefficient (Wildman–Crippen LogP) is -0.417. The van der Waals surface area contributed by atoms with Crippen LogP contribution in [0.5, 0.6) is 0 Å². The van der Waals surface area contributed by atoms with Gasteiger partial charge in [0.1, 0.15) is 0 Å². The van der Waals surface area contributed by atoms with E-state index < -0.39 is 0 Å². The summed E-state index contributed by atoms with van der Waals surface area (Å²) in [6.45, 7) is 2.50. The van der Waals surface area contributed by atoms with Crippen molar-refractivity contribution in [3.63, 3.8) is 0 Å². The zero-order chi connectivity index (χ0) is 10.8. The predicted molar refractivity (Wildman–Crippen MR) is 54.7 cm³/mol. The molecule has 0 aromatic carbocycles. The Hall–Kier alpha value is -1.20. The maximum Gasteiger partial charge on any atom is 0.185 e. The number of aliphatic hydroxyl groups is 1. The average Bonchev–Trinajstić information content (AvgIpc) is 2.56. The largest absolute Gasteiger partial charge is 0.395 e. The van der Waals surface area contributed by atoms with Crippen LogP contribution in [0.3, 0.4) is 0 Å². The van der Waals surface area contributed by atoms with Crippen LogP contribution in [-0.4, -0.2) is 45.5 Å². The van der Waals surface area contributed by atoms with Gasteiger partial charge in [0.05, 0.1) is 12.3 Å². The van der Waals surface area contributed by atoms with E-state index in [0.717, 1.165) is 37.2 Å². The van der Waals surface area contributed by atoms with Crippen molar-refractivity contribution in [3.05, 3.63) is 17.2 Å². The topological polar surface area (TPSA) is 58.4 Å². The molecular formula is C10H15N3O2. The Morgan fingerprint density at radius 2 is 2.40 bits per heavy atom. The highest BCUT2D eigenvalue weighted by Gasteiger charge is 2.21. The molecule has 5 nitrogen and oxygen atoms in total. The molecule has 0 fully saturated rings. The minimum Gasteiger partial charge on any atom is -0.395 e. The van der Waals surface area contributed by atoms with Gasteiger partial charge in [-0.2, -0.15) is 0 Å². The fraction of sp³-hybridized carbons (Fsp3) is 0.600. The van der Waals surface area contributed by atoms with Gasteiger partial charge in [0.25, 0.3) is 0 Å². The molecule has 15 heavy (non-hydrogen) atoms. The van der Waals surface area contributed by atoms with Gasteiger partial charge in [0, 0.05) is 38.8 Å². The second-order valence-electron chi connectivity index (χ2n) is 3.79. The van der Waals surface area contributed by atoms with Gasteiger partial charge in [-0.15, -0.1) is 0 Å². The number of fused-ring (bicyclic) bond motifs is 1. The van der Waals surface area contributed by atoms with Gasteiger partial charge in [-0.05, 0) is 0 Å². The number of aldehydes is 1. The van der Waals surface area contributed by atoms with Crippen molar-refractivity contribution in [1.29, 1.82) is 0 Å². The molecule has 0 bridgehead atoms. The first-order chi connectivity index (χ1) is 7.26. The number of hydrogen-bond acceptors (Lipinski definition) is 4. The highest BCUT2D eigenvalue weighted by Crippen LogP contribution is 2.18. The van der Waals surface area contributed by atoms with Gasteiger partial charge in [0.2, 0.25) is 0 Å². The summed E-state index contributed by atoms with van der Waals surface area (Å²) in [5.41, 5.74) is 2.12. The number of carbonyl (C=O) groups is 1. The van der Waals surface area contributed by atoms with Crippen LogP contribution in [-0.2, 0) is 20.0 Å². The summed E-state index contributed by atoms with van der Waals surface area (Å²) >= 11 is 0. The van der Waals surface area contributed by atoms with Gasteiger partial charge in [0.15, 0.2) is 12.1 Å². The molecule has 82 valence electrons. The molecule has 1 aromatic rings. The van der Waals surface area contributed by atoms with Crippen LogP contribution in [0.15, 0.2) is 0 Å². The van der Waals surface area contributed by atoms with Crippen molar-refractivity contribution in [2.75, 3.05) is 19.7 Å². The second kappa shape index (κ2) is 4.12. The van der Waals surface area contributed by atoms with Crippen LogP contribution in [0.1, 0.15) is 22.0 Å². The number of aliphatic hydroxyl groups excluding tert-OH is 1. The lowest BCUT2D eigenvalue weighted by molar-refractivity contribution is 0.111. The number of hydrogen-bond donors (Lipinski definition) is 1. The molecule has 0 atom stereocenters. The minimum absolute atomic E-state index is 0.169. The fourth-order valence-electron chi connectivity index (χ4n) is 2.04. The van der Waals surface area contributed by atoms with Crippen LogP contribution in [0.2, 0.25) is 0 Å². The Morgan fingerprint density at radius 3 is 3.07 bits per heavy atom. The first-order valence-corrected chi connectivity index (χ1v) is 5.09. The van der Waals surface area contributed by atoms with Crippen molar-refractivity contribution >= 4 is 6.29 Å². The van der Waals surface area contributed by atoms with E-state index in [1.54, 1.807) is 0 Å². The molecule has 0 saturated heterocycles. The number of rotatable bonds is 3. The zero-order valence-electron chi connectivity index (χ0n) is 8.81. The zero-order valence-corrected chi connectivity index (χ0v) is 8.81. The summed E-state index contributed by atoms with van der Waals surface area (Å²) in [5, 5.41) is 8.85. The molecule has 0 amide bonds. The second-order valence-corrected chi connectivity index (χ2v) is 3.79. The van der Waals surface area contributed by atoms with E-state index in [1.807, 2.05) is 11.6 Å². The third kappa shape index (κ3) is 1.80. The third-order valence-electron chi connectivity index (χ3n) is 2.89. The minimum atomic E-state index is 0.169. The van der Waals surface area contributed by atoms with Crippen molar-refractivity contribution in [3.8, 4) is 0 Å². The van der Waals surface area contributed by atoms with Crippen molar-refractivity contribution in [2.45, 2.75) is 13.0 Å². The smallest absolute Gasteiger partial charge is 0.185 e. The summed E-state index contributed by atoms with van der Waals surface area (Å²) in [7, 11) is 1.87. The van der Waals surface area contributed by atoms with Crippen molar-refractivity contribution < 1.29 is 9.90 Å². The molecule has 5 heteroatoms. The number of imidazole rings is 1. The Balaban J connectivity index is 2.23. The first-order valence-electron chi connectivity index (χ1n) is 5.09. The normalized spacial score (nSPS) is 16.4. The highest BCUT2D eigenvalue weighted by molar-refractivity contribution is 5.69. The van der Waals surface area contributed by atoms with Gasteiger partial charge in [-0.1, -0.05) is 0 Å². The first kappa shape index (κ1) is 10.3. The average molecular weight is 209 g/mol. The van der Waals surface area contributed by atoms with Crippen LogP contribution in [0, 0.1) is 0 Å². The van der Waals surface area contributed by atoms with Crippen LogP contribution in [0.4, 0.5) is 0 Å². The standard InChI is InChI=1S/C10H15N3O2/c1-12-9-2-3-13(4-5-14)6-8(9)11-10(12)7-15/h7,14H,2-6H2,1H3. The molecule has 2 heterocycles. The van der Waals surface area contributed by atoms with E-state index in [-0.39, 0.29) is 6.61 Å². The number of carbonyl (C=O) groups excluding carboxylic acids is 1. The molecule has 0 saturated carbocycles. The summed E-state index contributed by atoms with van der Waals surface area (Å²) in [6, 6.07) is 0. The quantitative estimate of drug-likeness (QED) is 0.687. The Labute approximate surface area is 88.3 Å². The van der Waals surface area contributed by atoms with E-state index in [4.69, 9.17) is 5.11 Å². The molecule has 1 aromatic heterocycles. The Morgan fingerprint density at radius 1 is 1.60 bits per heavy atom. The highest BCUT2D eigenvalue weighted by atomic mass is 16.3. The maximum atomic E-state index is 10.7. The summed E-state index contributed by atoms with van der Waals surface area (Å²) in [5.74, 6) is 0.492. The maximum absolute atomic E-state index is 10.7. The number of nitrogens with zero attached hydrogens (tertiary/aromatic N) is 3. The van der Waals surface area contributed by atoms with Gasteiger partial charge >= 0.3 is 0 Å². The number of aromatic nitrogens is 2. The van der Waals surface area contributed by atoms with Crippen LogP contribution in [0.25, 0.3) is 0 Å². The summed E-state index contributed by atoms with van der Waals surface area (Å²) in [6.07, 6.45) is 1.68. The molecule has 2 rings (SSSR count). The van der Waals surface area contributed by atoms with Crippen molar-refractivity contribution in [1.82, 2.24) is 14.5 Å². The SMILES string of the molecule is Cn1c(C=O)nc2c1CCN(CCO)C2. The molecule has 1 N–H and O–H groups in total. The summed E-state index contributed by atoms with van der Waals surface area (Å²) in [4.78, 5) is 17.1. The van der Waals surface area contributed by atoms with E-state index >= 15 is 0 Å². The molecule has 1 aliphatic heterocycles. The lowest BCUT2D eigenvalue weighted by atomic mass is 10.1. The molecule has 1 aliphatic rings. The molecule has 0 aliphatic carbocycles. The third-order valence-corrected chi connectivity index (χ3v) is 2.89. The molecular weight excluding hydrogens is 194 g/mol. The van der Waals surface area contributed by atoms with Gasteiger partial charge < -0.3 is 9.67 Å². The summed E-state index contributed by atoms with van der Waals surface area (Å²) < 4.78 is 1.86. The van der Waals surface area contributed by atoms with E-state index in [0.29, 0.717) is 12.4 Å². The Bertz CT molecular complexity index is 373. The van der Waals surface area contributed by atoms with Crippen molar-refractivity contribution in [2.24, 2.45) is 7.05 Å². The fourth-order valence-corrected chi connectivity index (χ4v) is 2.04. The molecule has 0 unspecified atom stereocenters. The van der Waals surface area contributed by atoms with Crippen LogP contribution >= 0.6 is 0 Å². The molecule has 0 spiro atoms. The van der Waals surface area contributed by atoms with Crippen LogP contribution < -0.4 is 0 Å². The van der Waals surface area contributed by atoms with E-state index in [2.05, 4.69) is 9.88 Å². The number of β-amino-alcohol motifs (C(OH)–C–C–N with tert-alkyl or cyclic N) is 1. The lowest BCUT2D eigenvalue weighted by Gasteiger charge is -2.25. The van der Waals surface area contributed by atoms with Gasteiger partial charge in [-0.25, -0.2) is 4.98 Å².